The Bertz CT molecular complexity index is 590. The van der Waals surface area contributed by atoms with Crippen LogP contribution in [0.25, 0.3) is 0 Å². The summed E-state index contributed by atoms with van der Waals surface area (Å²) in [6, 6.07) is 3.15. The Morgan fingerprint density at radius 1 is 1.44 bits per heavy atom. The molecule has 0 radical (unpaired) electrons. The van der Waals surface area contributed by atoms with Crippen molar-refractivity contribution < 1.29 is 18.3 Å². The van der Waals surface area contributed by atoms with E-state index in [0.29, 0.717) is 5.56 Å². The van der Waals surface area contributed by atoms with Crippen LogP contribution in [0.2, 0.25) is 0 Å². The Labute approximate surface area is 106 Å². The molecule has 0 aromatic heterocycles. The maximum Gasteiger partial charge on any atom is 0.337 e. The molecule has 6 heteroatoms. The van der Waals surface area contributed by atoms with E-state index in [1.807, 2.05) is 0 Å². The first-order chi connectivity index (χ1) is 8.26. The van der Waals surface area contributed by atoms with Crippen molar-refractivity contribution in [2.75, 3.05) is 10.5 Å². The van der Waals surface area contributed by atoms with Crippen molar-refractivity contribution >= 4 is 21.7 Å². The molecule has 0 aliphatic heterocycles. The first-order valence-corrected chi connectivity index (χ1v) is 6.88. The van der Waals surface area contributed by atoms with E-state index in [1.165, 1.54) is 12.1 Å². The molecule has 0 spiro atoms. The zero-order valence-electron chi connectivity index (χ0n) is 10.2. The Hall–Kier alpha value is -1.82. The fraction of sp³-hybridized carbons (Fsp3) is 0.250. The number of hydrogen-bond acceptors (Lipinski definition) is 3. The van der Waals surface area contributed by atoms with Gasteiger partial charge in [-0.25, -0.2) is 13.2 Å². The first-order valence-electron chi connectivity index (χ1n) is 5.23. The summed E-state index contributed by atoms with van der Waals surface area (Å²) in [4.78, 5) is 11.1. The lowest BCUT2D eigenvalue weighted by atomic mass is 10.0. The fourth-order valence-electron chi connectivity index (χ4n) is 1.62. The smallest absolute Gasteiger partial charge is 0.337 e. The number of benzene rings is 1. The number of aromatic carboxylic acids is 1. The fourth-order valence-corrected chi connectivity index (χ4v) is 2.60. The molecule has 98 valence electrons. The second kappa shape index (κ2) is 5.22. The van der Waals surface area contributed by atoms with E-state index < -0.39 is 16.0 Å². The highest BCUT2D eigenvalue weighted by atomic mass is 32.2. The minimum atomic E-state index is -3.61. The summed E-state index contributed by atoms with van der Waals surface area (Å²) >= 11 is 0. The van der Waals surface area contributed by atoms with E-state index in [-0.39, 0.29) is 17.0 Å². The van der Waals surface area contributed by atoms with Gasteiger partial charge in [0.2, 0.25) is 10.0 Å². The lowest BCUT2D eigenvalue weighted by Crippen LogP contribution is -2.18. The van der Waals surface area contributed by atoms with E-state index in [1.54, 1.807) is 19.9 Å². The molecule has 0 heterocycles. The zero-order valence-corrected chi connectivity index (χ0v) is 11.0. The minimum Gasteiger partial charge on any atom is -0.478 e. The predicted octanol–water partition coefficient (Wildman–Crippen LogP) is 1.93. The Morgan fingerprint density at radius 2 is 2.06 bits per heavy atom. The monoisotopic (exact) mass is 269 g/mol. The highest BCUT2D eigenvalue weighted by Crippen LogP contribution is 2.24. The molecular formula is C12H15NO4S. The predicted molar refractivity (Wildman–Crippen MR) is 70.5 cm³/mol. The van der Waals surface area contributed by atoms with Gasteiger partial charge in [0.15, 0.2) is 0 Å². The second-order valence-corrected chi connectivity index (χ2v) is 5.75. The van der Waals surface area contributed by atoms with Gasteiger partial charge in [0, 0.05) is 0 Å². The number of rotatable bonds is 5. The van der Waals surface area contributed by atoms with Gasteiger partial charge in [-0.1, -0.05) is 12.1 Å². The third-order valence-corrected chi connectivity index (χ3v) is 3.49. The number of carbonyl (C=O) groups is 1. The lowest BCUT2D eigenvalue weighted by Gasteiger charge is -2.13. The molecule has 0 aliphatic rings. The van der Waals surface area contributed by atoms with Crippen molar-refractivity contribution in [2.45, 2.75) is 13.8 Å². The van der Waals surface area contributed by atoms with Gasteiger partial charge in [0.25, 0.3) is 0 Å². The quantitative estimate of drug-likeness (QED) is 0.800. The molecule has 0 saturated heterocycles. The van der Waals surface area contributed by atoms with Gasteiger partial charge in [-0.3, -0.25) is 4.72 Å². The van der Waals surface area contributed by atoms with Crippen LogP contribution < -0.4 is 4.72 Å². The summed E-state index contributed by atoms with van der Waals surface area (Å²) in [5, 5.41) is 9.09. The summed E-state index contributed by atoms with van der Waals surface area (Å²) in [6.07, 6.45) is 1.24. The second-order valence-electron chi connectivity index (χ2n) is 3.98. The molecule has 1 aromatic carbocycles. The standard InChI is InChI=1S/C12H15NO4S/c1-4-5-18(16,17)13-11-9(3)6-8(2)7-10(11)12(14)15/h4,6-7,13H,1,5H2,2-3H3,(H,14,15). The van der Waals surface area contributed by atoms with E-state index in [0.717, 1.165) is 5.56 Å². The summed E-state index contributed by atoms with van der Waals surface area (Å²) in [6.45, 7) is 6.76. The Balaban J connectivity index is 3.32. The third-order valence-electron chi connectivity index (χ3n) is 2.31. The summed E-state index contributed by atoms with van der Waals surface area (Å²) in [7, 11) is -3.61. The molecular weight excluding hydrogens is 254 g/mol. The SMILES string of the molecule is C=CCS(=O)(=O)Nc1c(C)cc(C)cc1C(=O)O. The van der Waals surface area contributed by atoms with E-state index >= 15 is 0 Å². The number of hydrogen-bond donors (Lipinski definition) is 2. The summed E-state index contributed by atoms with van der Waals surface area (Å²) in [5.41, 5.74) is 1.38. The van der Waals surface area contributed by atoms with Crippen molar-refractivity contribution in [1.82, 2.24) is 0 Å². The van der Waals surface area contributed by atoms with Gasteiger partial charge in [0.1, 0.15) is 0 Å². The van der Waals surface area contributed by atoms with Gasteiger partial charge in [-0.2, -0.15) is 0 Å². The molecule has 0 atom stereocenters. The Morgan fingerprint density at radius 3 is 2.56 bits per heavy atom. The van der Waals surface area contributed by atoms with Crippen LogP contribution in [0.4, 0.5) is 5.69 Å². The first kappa shape index (κ1) is 14.2. The largest absolute Gasteiger partial charge is 0.478 e. The minimum absolute atomic E-state index is 0.0554. The molecule has 0 saturated carbocycles. The highest BCUT2D eigenvalue weighted by Gasteiger charge is 2.17. The van der Waals surface area contributed by atoms with Gasteiger partial charge >= 0.3 is 5.97 Å². The topological polar surface area (TPSA) is 83.5 Å². The molecule has 1 rings (SSSR count). The van der Waals surface area contributed by atoms with Crippen molar-refractivity contribution in [2.24, 2.45) is 0 Å². The van der Waals surface area contributed by atoms with Gasteiger partial charge in [-0.05, 0) is 31.0 Å². The van der Waals surface area contributed by atoms with Crippen LogP contribution in [0.5, 0.6) is 0 Å². The van der Waals surface area contributed by atoms with Crippen LogP contribution >= 0.6 is 0 Å². The molecule has 0 aliphatic carbocycles. The van der Waals surface area contributed by atoms with E-state index in [2.05, 4.69) is 11.3 Å². The van der Waals surface area contributed by atoms with Gasteiger partial charge in [-0.15, -0.1) is 6.58 Å². The van der Waals surface area contributed by atoms with Crippen molar-refractivity contribution in [3.8, 4) is 0 Å². The number of nitrogens with one attached hydrogen (secondary N) is 1. The molecule has 5 nitrogen and oxygen atoms in total. The van der Waals surface area contributed by atoms with Crippen LogP contribution in [0.1, 0.15) is 21.5 Å². The summed E-state index contributed by atoms with van der Waals surface area (Å²) < 4.78 is 25.6. The number of carboxylic acids is 1. The normalized spacial score (nSPS) is 11.0. The molecule has 0 unspecified atom stereocenters. The summed E-state index contributed by atoms with van der Waals surface area (Å²) in [5.74, 6) is -1.43. The number of aryl methyl sites for hydroxylation is 2. The molecule has 1 aromatic rings. The van der Waals surface area contributed by atoms with Crippen LogP contribution in [-0.4, -0.2) is 25.2 Å². The maximum atomic E-state index is 11.6. The molecule has 0 amide bonds. The highest BCUT2D eigenvalue weighted by molar-refractivity contribution is 7.92. The molecule has 2 N–H and O–H groups in total. The van der Waals surface area contributed by atoms with Crippen LogP contribution in [0, 0.1) is 13.8 Å². The van der Waals surface area contributed by atoms with Gasteiger partial charge < -0.3 is 5.11 Å². The van der Waals surface area contributed by atoms with Crippen molar-refractivity contribution in [3.63, 3.8) is 0 Å². The van der Waals surface area contributed by atoms with Crippen molar-refractivity contribution in [1.29, 1.82) is 0 Å². The number of anilines is 1. The van der Waals surface area contributed by atoms with Gasteiger partial charge in [0.05, 0.1) is 17.0 Å². The van der Waals surface area contributed by atoms with Crippen LogP contribution in [0.15, 0.2) is 24.8 Å². The molecule has 18 heavy (non-hydrogen) atoms. The van der Waals surface area contributed by atoms with E-state index in [4.69, 9.17) is 5.11 Å². The Kier molecular flexibility index (Phi) is 4.13. The number of carboxylic acid groups (broad SMARTS) is 1. The maximum absolute atomic E-state index is 11.6. The van der Waals surface area contributed by atoms with Crippen molar-refractivity contribution in [3.05, 3.63) is 41.5 Å². The zero-order chi connectivity index (χ0) is 13.9. The van der Waals surface area contributed by atoms with Crippen LogP contribution in [-0.2, 0) is 10.0 Å². The van der Waals surface area contributed by atoms with Crippen LogP contribution in [0.3, 0.4) is 0 Å². The third kappa shape index (κ3) is 3.33. The lowest BCUT2D eigenvalue weighted by molar-refractivity contribution is 0.0698. The molecule has 0 bridgehead atoms. The van der Waals surface area contributed by atoms with E-state index in [9.17, 15) is 13.2 Å². The average Bonchev–Trinajstić information content (AvgIpc) is 2.21. The number of sulfonamides is 1. The average molecular weight is 269 g/mol. The molecule has 0 fully saturated rings.